The first-order valence-electron chi connectivity index (χ1n) is 11.6. The maximum absolute atomic E-state index is 12.9. The second-order valence-electron chi connectivity index (χ2n) is 8.50. The van der Waals surface area contributed by atoms with Crippen molar-refractivity contribution < 1.29 is 4.79 Å². The molecular weight excluding hydrogens is 474 g/mol. The lowest BCUT2D eigenvalue weighted by molar-refractivity contribution is -0.120. The highest BCUT2D eigenvalue weighted by Gasteiger charge is 2.11. The Labute approximate surface area is 213 Å². The van der Waals surface area contributed by atoms with Gasteiger partial charge in [-0.3, -0.25) is 14.2 Å². The van der Waals surface area contributed by atoms with E-state index in [1.54, 1.807) is 21.4 Å². The second-order valence-corrected chi connectivity index (χ2v) is 8.94. The Balaban J connectivity index is 1.17. The molecule has 1 N–H and O–H groups in total. The van der Waals surface area contributed by atoms with Crippen LogP contribution in [0.4, 0.5) is 0 Å². The van der Waals surface area contributed by atoms with Gasteiger partial charge in [0.2, 0.25) is 5.91 Å². The first-order chi connectivity index (χ1) is 17.6. The van der Waals surface area contributed by atoms with Crippen molar-refractivity contribution in [1.82, 2.24) is 24.6 Å². The van der Waals surface area contributed by atoms with Gasteiger partial charge in [0.15, 0.2) is 5.65 Å². The summed E-state index contributed by atoms with van der Waals surface area (Å²) in [6.45, 7) is 1.19. The smallest absolute Gasteiger partial charge is 0.264 e. The van der Waals surface area contributed by atoms with Crippen LogP contribution in [0, 0.1) is 0 Å². The zero-order valence-electron chi connectivity index (χ0n) is 19.5. The molecule has 0 saturated heterocycles. The predicted molar refractivity (Wildman–Crippen MR) is 141 cm³/mol. The molecule has 5 aromatic rings. The van der Waals surface area contributed by atoms with E-state index in [0.717, 1.165) is 22.3 Å². The fourth-order valence-corrected chi connectivity index (χ4v) is 4.18. The van der Waals surface area contributed by atoms with Crippen LogP contribution in [0.15, 0.2) is 96.2 Å². The van der Waals surface area contributed by atoms with Crippen LogP contribution < -0.4 is 10.9 Å². The Morgan fingerprint density at radius 1 is 0.889 bits per heavy atom. The van der Waals surface area contributed by atoms with E-state index in [-0.39, 0.29) is 11.5 Å². The maximum Gasteiger partial charge on any atom is 0.264 e. The van der Waals surface area contributed by atoms with Crippen LogP contribution in [0.3, 0.4) is 0 Å². The van der Waals surface area contributed by atoms with Gasteiger partial charge in [-0.25, -0.2) is 9.67 Å². The average molecular weight is 498 g/mol. The van der Waals surface area contributed by atoms with Crippen molar-refractivity contribution >= 4 is 28.5 Å². The van der Waals surface area contributed by atoms with Crippen molar-refractivity contribution in [3.8, 4) is 11.1 Å². The monoisotopic (exact) mass is 497 g/mol. The summed E-state index contributed by atoms with van der Waals surface area (Å²) in [7, 11) is 0. The summed E-state index contributed by atoms with van der Waals surface area (Å²) in [6, 6.07) is 25.5. The number of nitrogens with one attached hydrogen (secondary N) is 1. The third-order valence-electron chi connectivity index (χ3n) is 5.96. The second kappa shape index (κ2) is 10.6. The van der Waals surface area contributed by atoms with E-state index in [4.69, 9.17) is 11.6 Å². The van der Waals surface area contributed by atoms with Gasteiger partial charge >= 0.3 is 0 Å². The summed E-state index contributed by atoms with van der Waals surface area (Å²) in [5.74, 6) is -0.0720. The predicted octanol–water partition coefficient (Wildman–Crippen LogP) is 4.32. The molecule has 0 atom stereocenters. The van der Waals surface area contributed by atoms with Crippen molar-refractivity contribution in [3.63, 3.8) is 0 Å². The number of aromatic nitrogens is 4. The molecule has 0 radical (unpaired) electrons. The molecule has 0 aliphatic heterocycles. The molecule has 180 valence electrons. The van der Waals surface area contributed by atoms with Crippen LogP contribution in [0.2, 0.25) is 5.02 Å². The number of benzene rings is 3. The number of nitrogens with zero attached hydrogens (tertiary/aromatic N) is 4. The molecule has 36 heavy (non-hydrogen) atoms. The van der Waals surface area contributed by atoms with Gasteiger partial charge in [-0.15, -0.1) is 0 Å². The molecule has 5 rings (SSSR count). The molecule has 8 heteroatoms. The lowest BCUT2D eigenvalue weighted by Gasteiger charge is -2.08. The topological polar surface area (TPSA) is 81.8 Å². The minimum absolute atomic E-state index is 0.0720. The molecule has 7 nitrogen and oxygen atoms in total. The van der Waals surface area contributed by atoms with Crippen LogP contribution in [0.5, 0.6) is 0 Å². The van der Waals surface area contributed by atoms with Crippen LogP contribution in [0.25, 0.3) is 22.2 Å². The third-order valence-corrected chi connectivity index (χ3v) is 6.21. The number of rotatable bonds is 8. The van der Waals surface area contributed by atoms with Gasteiger partial charge in [0, 0.05) is 11.6 Å². The van der Waals surface area contributed by atoms with Gasteiger partial charge in [0.25, 0.3) is 5.56 Å². The molecule has 0 unspecified atom stereocenters. The summed E-state index contributed by atoms with van der Waals surface area (Å²) in [5, 5.41) is 8.32. The van der Waals surface area contributed by atoms with Crippen molar-refractivity contribution in [2.45, 2.75) is 19.5 Å². The molecule has 1 amide bonds. The summed E-state index contributed by atoms with van der Waals surface area (Å²) in [6.07, 6.45) is 3.34. The molecule has 2 aromatic heterocycles. The van der Waals surface area contributed by atoms with Crippen molar-refractivity contribution in [1.29, 1.82) is 0 Å². The van der Waals surface area contributed by atoms with Gasteiger partial charge in [0.05, 0.1) is 25.7 Å². The summed E-state index contributed by atoms with van der Waals surface area (Å²) < 4.78 is 3.18. The Bertz CT molecular complexity index is 1540. The zero-order valence-corrected chi connectivity index (χ0v) is 20.2. The number of hydrogen-bond acceptors (Lipinski definition) is 4. The van der Waals surface area contributed by atoms with E-state index < -0.39 is 0 Å². The fourth-order valence-electron chi connectivity index (χ4n) is 4.06. The van der Waals surface area contributed by atoms with Gasteiger partial charge < -0.3 is 5.32 Å². The molecule has 0 saturated carbocycles. The van der Waals surface area contributed by atoms with Crippen LogP contribution in [-0.4, -0.2) is 31.8 Å². The maximum atomic E-state index is 12.9. The zero-order chi connectivity index (χ0) is 24.9. The minimum atomic E-state index is -0.163. The Morgan fingerprint density at radius 3 is 2.33 bits per heavy atom. The Hall–Kier alpha value is -4.23. The molecule has 2 heterocycles. The Morgan fingerprint density at radius 2 is 1.58 bits per heavy atom. The van der Waals surface area contributed by atoms with E-state index in [2.05, 4.69) is 27.5 Å². The third kappa shape index (κ3) is 5.37. The van der Waals surface area contributed by atoms with Crippen LogP contribution >= 0.6 is 11.6 Å². The average Bonchev–Trinajstić information content (AvgIpc) is 3.31. The van der Waals surface area contributed by atoms with Crippen molar-refractivity contribution in [2.75, 3.05) is 6.54 Å². The molecule has 0 bridgehead atoms. The first-order valence-corrected chi connectivity index (χ1v) is 12.0. The molecular formula is C28H24ClN5O2. The van der Waals surface area contributed by atoms with E-state index in [1.165, 1.54) is 12.5 Å². The first kappa shape index (κ1) is 23.5. The summed E-state index contributed by atoms with van der Waals surface area (Å²) in [5.41, 5.74) is 4.49. The molecule has 0 aliphatic rings. The van der Waals surface area contributed by atoms with Gasteiger partial charge in [-0.2, -0.15) is 5.10 Å². The summed E-state index contributed by atoms with van der Waals surface area (Å²) in [4.78, 5) is 29.8. The summed E-state index contributed by atoms with van der Waals surface area (Å²) >= 11 is 5.94. The van der Waals surface area contributed by atoms with E-state index in [1.807, 2.05) is 54.6 Å². The minimum Gasteiger partial charge on any atom is -0.354 e. The standard InChI is InChI=1S/C28H24ClN5O2/c29-24-12-8-21(9-13-24)18-33-19-31-27-25(28(33)36)17-32-34(27)15-14-30-26(35)16-20-6-10-23(11-7-20)22-4-2-1-3-5-22/h1-13,17,19H,14-16,18H2,(H,30,35). The lowest BCUT2D eigenvalue weighted by atomic mass is 10.0. The number of fused-ring (bicyclic) bond motifs is 1. The highest BCUT2D eigenvalue weighted by atomic mass is 35.5. The van der Waals surface area contributed by atoms with E-state index in [9.17, 15) is 9.59 Å². The van der Waals surface area contributed by atoms with Gasteiger partial charge in [-0.1, -0.05) is 78.3 Å². The van der Waals surface area contributed by atoms with Crippen molar-refractivity contribution in [3.05, 3.63) is 118 Å². The molecule has 0 fully saturated rings. The SMILES string of the molecule is O=C(Cc1ccc(-c2ccccc2)cc1)NCCn1ncc2c(=O)n(Cc3ccc(Cl)cc3)cnc21. The number of amides is 1. The highest BCUT2D eigenvalue weighted by Crippen LogP contribution is 2.19. The van der Waals surface area contributed by atoms with Crippen LogP contribution in [0.1, 0.15) is 11.1 Å². The normalized spacial score (nSPS) is 11.0. The molecule has 0 spiro atoms. The van der Waals surface area contributed by atoms with E-state index in [0.29, 0.717) is 42.1 Å². The highest BCUT2D eigenvalue weighted by molar-refractivity contribution is 6.30. The Kier molecular flexibility index (Phi) is 6.91. The largest absolute Gasteiger partial charge is 0.354 e. The van der Waals surface area contributed by atoms with E-state index >= 15 is 0 Å². The lowest BCUT2D eigenvalue weighted by Crippen LogP contribution is -2.29. The van der Waals surface area contributed by atoms with Crippen molar-refractivity contribution in [2.24, 2.45) is 0 Å². The number of carbonyl (C=O) groups excluding carboxylic acids is 1. The number of carbonyl (C=O) groups is 1. The van der Waals surface area contributed by atoms with Gasteiger partial charge in [-0.05, 0) is 34.4 Å². The fraction of sp³-hybridized carbons (Fsp3) is 0.143. The molecule has 0 aliphatic carbocycles. The quantitative estimate of drug-likeness (QED) is 0.346. The number of halogens is 1. The molecule has 3 aromatic carbocycles. The van der Waals surface area contributed by atoms with Crippen LogP contribution in [-0.2, 0) is 24.3 Å². The number of hydrogen-bond donors (Lipinski definition) is 1. The van der Waals surface area contributed by atoms with Gasteiger partial charge in [0.1, 0.15) is 11.7 Å².